The molecule has 2 N–H and O–H groups in total. The lowest BCUT2D eigenvalue weighted by atomic mass is 10.0. The molecule has 0 saturated carbocycles. The van der Waals surface area contributed by atoms with Crippen molar-refractivity contribution < 1.29 is 9.59 Å². The van der Waals surface area contributed by atoms with Crippen LogP contribution in [0.15, 0.2) is 24.3 Å². The van der Waals surface area contributed by atoms with Crippen LogP contribution >= 0.6 is 12.4 Å². The van der Waals surface area contributed by atoms with Gasteiger partial charge in [0.05, 0.1) is 5.92 Å². The fourth-order valence-corrected chi connectivity index (χ4v) is 2.81. The van der Waals surface area contributed by atoms with Gasteiger partial charge in [-0.15, -0.1) is 12.4 Å². The molecule has 0 spiro atoms. The Morgan fingerprint density at radius 2 is 1.71 bits per heavy atom. The Balaban J connectivity index is 0.00000288. The summed E-state index contributed by atoms with van der Waals surface area (Å²) in [5, 5.41) is 0. The van der Waals surface area contributed by atoms with Crippen LogP contribution in [0, 0.1) is 12.8 Å². The fourth-order valence-electron chi connectivity index (χ4n) is 2.81. The lowest BCUT2D eigenvalue weighted by molar-refractivity contribution is -0.135. The molecule has 1 heterocycles. The number of rotatable bonds is 3. The molecule has 2 atom stereocenters. The molecule has 6 heteroatoms. The first kappa shape index (κ1) is 20.5. The first-order valence-electron chi connectivity index (χ1n) is 8.30. The number of benzene rings is 1. The quantitative estimate of drug-likeness (QED) is 0.904. The predicted octanol–water partition coefficient (Wildman–Crippen LogP) is 2.07. The molecule has 2 unspecified atom stereocenters. The molecule has 1 aromatic rings. The zero-order valence-corrected chi connectivity index (χ0v) is 15.5. The van der Waals surface area contributed by atoms with E-state index in [0.717, 1.165) is 12.0 Å². The zero-order valence-electron chi connectivity index (χ0n) is 14.7. The topological polar surface area (TPSA) is 66.6 Å². The maximum absolute atomic E-state index is 12.6. The molecule has 0 radical (unpaired) electrons. The summed E-state index contributed by atoms with van der Waals surface area (Å²) in [6, 6.07) is 7.49. The number of aryl methyl sites for hydroxylation is 1. The zero-order chi connectivity index (χ0) is 17.0. The molecule has 0 aromatic heterocycles. The fraction of sp³-hybridized carbons (Fsp3) is 0.556. The van der Waals surface area contributed by atoms with Gasteiger partial charge in [-0.1, -0.05) is 24.6 Å². The van der Waals surface area contributed by atoms with Gasteiger partial charge in [0.2, 0.25) is 5.91 Å². The van der Waals surface area contributed by atoms with Crippen LogP contribution in [-0.4, -0.2) is 53.8 Å². The number of carbonyl (C=O) groups excluding carboxylic acids is 2. The first-order chi connectivity index (χ1) is 10.9. The Labute approximate surface area is 150 Å². The van der Waals surface area contributed by atoms with E-state index in [1.54, 1.807) is 0 Å². The molecule has 5 nitrogen and oxygen atoms in total. The monoisotopic (exact) mass is 353 g/mol. The Hall–Kier alpha value is -1.59. The number of nitrogens with zero attached hydrogens (tertiary/aromatic N) is 2. The summed E-state index contributed by atoms with van der Waals surface area (Å²) in [5.74, 6) is -0.0536. The lowest BCUT2D eigenvalue weighted by Gasteiger charge is -2.26. The molecule has 1 aromatic carbocycles. The Bertz CT molecular complexity index is 577. The van der Waals surface area contributed by atoms with Gasteiger partial charge in [0.25, 0.3) is 5.91 Å². The van der Waals surface area contributed by atoms with Crippen LogP contribution in [-0.2, 0) is 4.79 Å². The van der Waals surface area contributed by atoms with Crippen molar-refractivity contribution in [3.05, 3.63) is 35.4 Å². The van der Waals surface area contributed by atoms with Gasteiger partial charge in [0, 0.05) is 37.8 Å². The van der Waals surface area contributed by atoms with Crippen molar-refractivity contribution in [2.24, 2.45) is 11.7 Å². The standard InChI is InChI=1S/C18H27N3O2.ClH/c1-13-6-4-7-16(12-13)18(23)21-9-5-8-20(10-11-21)17(22)14(2)15(3)19;/h4,6-7,12,14-15H,5,8-11,19H2,1-3H3;1H. The largest absolute Gasteiger partial charge is 0.341 e. The van der Waals surface area contributed by atoms with Gasteiger partial charge in [0.1, 0.15) is 0 Å². The normalized spacial score (nSPS) is 17.5. The number of nitrogens with two attached hydrogens (primary N) is 1. The van der Waals surface area contributed by atoms with E-state index in [2.05, 4.69) is 0 Å². The first-order valence-corrected chi connectivity index (χ1v) is 8.30. The van der Waals surface area contributed by atoms with Crippen LogP contribution in [0.3, 0.4) is 0 Å². The molecule has 1 aliphatic rings. The van der Waals surface area contributed by atoms with Crippen molar-refractivity contribution >= 4 is 24.2 Å². The molecule has 1 aliphatic heterocycles. The summed E-state index contributed by atoms with van der Waals surface area (Å²) in [4.78, 5) is 28.7. The molecular formula is C18H28ClN3O2. The van der Waals surface area contributed by atoms with Crippen molar-refractivity contribution in [3.8, 4) is 0 Å². The smallest absolute Gasteiger partial charge is 0.253 e. The third-order valence-electron chi connectivity index (χ3n) is 4.54. The minimum Gasteiger partial charge on any atom is -0.341 e. The predicted molar refractivity (Wildman–Crippen MR) is 98.3 cm³/mol. The van der Waals surface area contributed by atoms with Gasteiger partial charge < -0.3 is 15.5 Å². The van der Waals surface area contributed by atoms with E-state index in [0.29, 0.717) is 31.7 Å². The van der Waals surface area contributed by atoms with Crippen molar-refractivity contribution in [3.63, 3.8) is 0 Å². The molecule has 2 rings (SSSR count). The lowest BCUT2D eigenvalue weighted by Crippen LogP contribution is -2.43. The maximum atomic E-state index is 12.6. The Morgan fingerprint density at radius 3 is 2.33 bits per heavy atom. The minimum atomic E-state index is -0.186. The highest BCUT2D eigenvalue weighted by Gasteiger charge is 2.26. The summed E-state index contributed by atoms with van der Waals surface area (Å²) in [7, 11) is 0. The van der Waals surface area contributed by atoms with E-state index in [1.165, 1.54) is 0 Å². The number of hydrogen-bond acceptors (Lipinski definition) is 3. The molecule has 0 bridgehead atoms. The highest BCUT2D eigenvalue weighted by Crippen LogP contribution is 2.13. The average molecular weight is 354 g/mol. The van der Waals surface area contributed by atoms with E-state index in [-0.39, 0.29) is 36.2 Å². The van der Waals surface area contributed by atoms with Crippen LogP contribution in [0.5, 0.6) is 0 Å². The van der Waals surface area contributed by atoms with Gasteiger partial charge in [-0.3, -0.25) is 9.59 Å². The van der Waals surface area contributed by atoms with Crippen molar-refractivity contribution in [1.82, 2.24) is 9.80 Å². The molecule has 1 fully saturated rings. The van der Waals surface area contributed by atoms with Crippen LogP contribution in [0.2, 0.25) is 0 Å². The molecule has 134 valence electrons. The van der Waals surface area contributed by atoms with Crippen molar-refractivity contribution in [2.45, 2.75) is 33.2 Å². The van der Waals surface area contributed by atoms with E-state index >= 15 is 0 Å². The van der Waals surface area contributed by atoms with Gasteiger partial charge >= 0.3 is 0 Å². The third kappa shape index (κ3) is 4.95. The minimum absolute atomic E-state index is 0. The van der Waals surface area contributed by atoms with Gasteiger partial charge in [-0.05, 0) is 32.4 Å². The third-order valence-corrected chi connectivity index (χ3v) is 4.54. The van der Waals surface area contributed by atoms with Crippen molar-refractivity contribution in [2.75, 3.05) is 26.2 Å². The summed E-state index contributed by atoms with van der Waals surface area (Å²) in [6.45, 7) is 8.23. The second-order valence-electron chi connectivity index (χ2n) is 6.49. The molecular weight excluding hydrogens is 326 g/mol. The number of amides is 2. The van der Waals surface area contributed by atoms with Crippen molar-refractivity contribution in [1.29, 1.82) is 0 Å². The summed E-state index contributed by atoms with van der Waals surface area (Å²) in [5.41, 5.74) is 7.63. The van der Waals surface area contributed by atoms with Gasteiger partial charge in [0.15, 0.2) is 0 Å². The molecule has 0 aliphatic carbocycles. The number of hydrogen-bond donors (Lipinski definition) is 1. The maximum Gasteiger partial charge on any atom is 0.253 e. The van der Waals surface area contributed by atoms with Crippen LogP contribution in [0.25, 0.3) is 0 Å². The van der Waals surface area contributed by atoms with Gasteiger partial charge in [-0.25, -0.2) is 0 Å². The number of halogens is 1. The van der Waals surface area contributed by atoms with Crippen LogP contribution in [0.4, 0.5) is 0 Å². The van der Waals surface area contributed by atoms with E-state index in [4.69, 9.17) is 5.73 Å². The van der Waals surface area contributed by atoms with E-state index in [9.17, 15) is 9.59 Å². The number of carbonyl (C=O) groups is 2. The highest BCUT2D eigenvalue weighted by molar-refractivity contribution is 5.94. The van der Waals surface area contributed by atoms with Crippen LogP contribution in [0.1, 0.15) is 36.2 Å². The summed E-state index contributed by atoms with van der Waals surface area (Å²) < 4.78 is 0. The second-order valence-corrected chi connectivity index (χ2v) is 6.49. The second kappa shape index (κ2) is 9.04. The van der Waals surface area contributed by atoms with E-state index < -0.39 is 0 Å². The SMILES string of the molecule is Cc1cccc(C(=O)N2CCCN(C(=O)C(C)C(C)N)CC2)c1.Cl. The summed E-state index contributed by atoms with van der Waals surface area (Å²) >= 11 is 0. The molecule has 2 amide bonds. The Kier molecular flexibility index (Phi) is 7.70. The molecule has 1 saturated heterocycles. The Morgan fingerprint density at radius 1 is 1.08 bits per heavy atom. The highest BCUT2D eigenvalue weighted by atomic mass is 35.5. The van der Waals surface area contributed by atoms with Crippen LogP contribution < -0.4 is 5.73 Å². The van der Waals surface area contributed by atoms with Gasteiger partial charge in [-0.2, -0.15) is 0 Å². The van der Waals surface area contributed by atoms with E-state index in [1.807, 2.05) is 54.8 Å². The molecule has 24 heavy (non-hydrogen) atoms. The average Bonchev–Trinajstić information content (AvgIpc) is 2.78. The summed E-state index contributed by atoms with van der Waals surface area (Å²) in [6.07, 6.45) is 0.801.